The molecular weight excluding hydrogens is 417 g/mol. The molecule has 172 valence electrons. The molecule has 0 aromatic carbocycles. The highest BCUT2D eigenvalue weighted by Gasteiger charge is 2.36. The minimum Gasteiger partial charge on any atom is -0.351 e. The van der Waals surface area contributed by atoms with Crippen LogP contribution in [0.4, 0.5) is 24.9 Å². The topological polar surface area (TPSA) is 74.8 Å². The Morgan fingerprint density at radius 1 is 1.09 bits per heavy atom. The van der Waals surface area contributed by atoms with Gasteiger partial charge in [-0.1, -0.05) is 38.3 Å². The number of hydrogen-bond donors (Lipinski definition) is 3. The van der Waals surface area contributed by atoms with E-state index in [1.165, 1.54) is 0 Å². The van der Waals surface area contributed by atoms with Gasteiger partial charge >= 0.3 is 6.18 Å². The highest BCUT2D eigenvalue weighted by Crippen LogP contribution is 2.36. The van der Waals surface area contributed by atoms with Crippen molar-refractivity contribution in [1.82, 2.24) is 20.4 Å². The molecule has 2 atom stereocenters. The lowest BCUT2D eigenvalue weighted by Gasteiger charge is -2.31. The standard InChI is InChI=1S/C23H29F3N6/c1-15(31-32-21-10-2-3-11-27-21)17-8-5-9-18(13-17)29-22-28-14-19(23(24,25)26)20(30-22)12-16-6-4-7-16/h2-3,10-11,14,16-18,31H,1,4-9,12-13H2,(H,27,32)(H,28,29,30). The van der Waals surface area contributed by atoms with E-state index >= 15 is 0 Å². The number of anilines is 2. The predicted octanol–water partition coefficient (Wildman–Crippen LogP) is 5.33. The van der Waals surface area contributed by atoms with E-state index in [0.29, 0.717) is 18.2 Å². The molecule has 2 fully saturated rings. The summed E-state index contributed by atoms with van der Waals surface area (Å²) in [6, 6.07) is 5.67. The first-order valence-corrected chi connectivity index (χ1v) is 11.2. The lowest BCUT2D eigenvalue weighted by atomic mass is 9.81. The molecule has 0 spiro atoms. The monoisotopic (exact) mass is 446 g/mol. The van der Waals surface area contributed by atoms with E-state index in [0.717, 1.165) is 56.8 Å². The van der Waals surface area contributed by atoms with Crippen LogP contribution >= 0.6 is 0 Å². The minimum atomic E-state index is -4.43. The smallest absolute Gasteiger partial charge is 0.351 e. The molecule has 6 nitrogen and oxygen atoms in total. The van der Waals surface area contributed by atoms with Gasteiger partial charge in [-0.05, 0) is 43.7 Å². The highest BCUT2D eigenvalue weighted by molar-refractivity contribution is 5.34. The molecule has 32 heavy (non-hydrogen) atoms. The SMILES string of the molecule is C=C(NNc1ccccn1)C1CCCC(Nc2ncc(C(F)(F)F)c(CC3CCC3)n2)C1. The van der Waals surface area contributed by atoms with Crippen molar-refractivity contribution in [2.45, 2.75) is 63.6 Å². The van der Waals surface area contributed by atoms with E-state index in [-0.39, 0.29) is 23.6 Å². The Morgan fingerprint density at radius 3 is 2.59 bits per heavy atom. The average Bonchev–Trinajstić information content (AvgIpc) is 2.75. The number of rotatable bonds is 8. The number of halogens is 3. The largest absolute Gasteiger partial charge is 0.419 e. The van der Waals surface area contributed by atoms with Crippen LogP contribution in [0.3, 0.4) is 0 Å². The number of pyridine rings is 1. The molecule has 2 aliphatic rings. The minimum absolute atomic E-state index is 0.0791. The van der Waals surface area contributed by atoms with Crippen LogP contribution in [0.25, 0.3) is 0 Å². The van der Waals surface area contributed by atoms with Crippen molar-refractivity contribution in [2.24, 2.45) is 11.8 Å². The van der Waals surface area contributed by atoms with Crippen LogP contribution in [0, 0.1) is 11.8 Å². The van der Waals surface area contributed by atoms with Gasteiger partial charge < -0.3 is 10.7 Å². The van der Waals surface area contributed by atoms with Gasteiger partial charge in [0.05, 0.1) is 11.3 Å². The summed E-state index contributed by atoms with van der Waals surface area (Å²) < 4.78 is 40.3. The molecule has 2 heterocycles. The van der Waals surface area contributed by atoms with Crippen LogP contribution in [0.1, 0.15) is 56.2 Å². The van der Waals surface area contributed by atoms with Crippen molar-refractivity contribution in [2.75, 3.05) is 10.7 Å². The number of nitrogens with zero attached hydrogens (tertiary/aromatic N) is 3. The Balaban J connectivity index is 1.37. The maximum atomic E-state index is 13.4. The van der Waals surface area contributed by atoms with Crippen LogP contribution in [0.15, 0.2) is 42.9 Å². The van der Waals surface area contributed by atoms with E-state index in [4.69, 9.17) is 0 Å². The third-order valence-corrected chi connectivity index (χ3v) is 6.40. The molecule has 9 heteroatoms. The van der Waals surface area contributed by atoms with Gasteiger partial charge in [-0.25, -0.2) is 15.0 Å². The summed E-state index contributed by atoms with van der Waals surface area (Å²) in [6.07, 6.45) is 5.29. The molecule has 3 N–H and O–H groups in total. The molecular formula is C23H29F3N6. The first-order valence-electron chi connectivity index (χ1n) is 11.2. The van der Waals surface area contributed by atoms with Gasteiger partial charge in [0, 0.05) is 30.1 Å². The quantitative estimate of drug-likeness (QED) is 0.476. The number of allylic oxidation sites excluding steroid dienone is 1. The fourth-order valence-electron chi connectivity index (χ4n) is 4.35. The van der Waals surface area contributed by atoms with Gasteiger partial charge in [-0.2, -0.15) is 13.2 Å². The zero-order chi connectivity index (χ0) is 22.6. The maximum absolute atomic E-state index is 13.4. The molecule has 2 aromatic rings. The summed E-state index contributed by atoms with van der Waals surface area (Å²) >= 11 is 0. The van der Waals surface area contributed by atoms with Gasteiger partial charge in [0.15, 0.2) is 0 Å². The van der Waals surface area contributed by atoms with Crippen molar-refractivity contribution in [1.29, 1.82) is 0 Å². The first-order chi connectivity index (χ1) is 15.4. The van der Waals surface area contributed by atoms with Gasteiger partial charge in [-0.15, -0.1) is 0 Å². The van der Waals surface area contributed by atoms with Crippen molar-refractivity contribution in [3.63, 3.8) is 0 Å². The number of hydrazine groups is 1. The summed E-state index contributed by atoms with van der Waals surface area (Å²) in [7, 11) is 0. The van der Waals surface area contributed by atoms with Crippen molar-refractivity contribution < 1.29 is 13.2 Å². The molecule has 2 aliphatic carbocycles. The Bertz CT molecular complexity index is 914. The summed E-state index contributed by atoms with van der Waals surface area (Å²) in [5.74, 6) is 1.50. The molecule has 2 aromatic heterocycles. The zero-order valence-corrected chi connectivity index (χ0v) is 18.0. The lowest BCUT2D eigenvalue weighted by molar-refractivity contribution is -0.138. The average molecular weight is 447 g/mol. The zero-order valence-electron chi connectivity index (χ0n) is 18.0. The summed E-state index contributed by atoms with van der Waals surface area (Å²) in [4.78, 5) is 12.5. The third kappa shape index (κ3) is 5.69. The maximum Gasteiger partial charge on any atom is 0.419 e. The van der Waals surface area contributed by atoms with Crippen molar-refractivity contribution >= 4 is 11.8 Å². The number of hydrogen-bond acceptors (Lipinski definition) is 6. The normalized spacial score (nSPS) is 21.5. The third-order valence-electron chi connectivity index (χ3n) is 6.40. The van der Waals surface area contributed by atoms with Crippen molar-refractivity contribution in [3.05, 3.63) is 54.1 Å². The second-order valence-corrected chi connectivity index (χ2v) is 8.75. The van der Waals surface area contributed by atoms with Crippen LogP contribution in [-0.2, 0) is 12.6 Å². The fourth-order valence-corrected chi connectivity index (χ4v) is 4.35. The Labute approximate surface area is 186 Å². The van der Waals surface area contributed by atoms with Gasteiger partial charge in [0.2, 0.25) is 5.95 Å². The van der Waals surface area contributed by atoms with E-state index in [2.05, 4.69) is 37.7 Å². The second kappa shape index (κ2) is 9.75. The van der Waals surface area contributed by atoms with Gasteiger partial charge in [0.25, 0.3) is 0 Å². The fraction of sp³-hybridized carbons (Fsp3) is 0.522. The summed E-state index contributed by atoms with van der Waals surface area (Å²) in [5, 5.41) is 3.28. The van der Waals surface area contributed by atoms with Crippen LogP contribution in [-0.4, -0.2) is 21.0 Å². The predicted molar refractivity (Wildman–Crippen MR) is 118 cm³/mol. The van der Waals surface area contributed by atoms with Crippen molar-refractivity contribution in [3.8, 4) is 0 Å². The number of alkyl halides is 3. The molecule has 4 rings (SSSR count). The molecule has 0 amide bonds. The summed E-state index contributed by atoms with van der Waals surface area (Å²) in [6.45, 7) is 4.15. The second-order valence-electron chi connectivity index (χ2n) is 8.75. The van der Waals surface area contributed by atoms with E-state index < -0.39 is 11.7 Å². The molecule has 0 saturated heterocycles. The lowest BCUT2D eigenvalue weighted by Crippen LogP contribution is -2.33. The van der Waals surface area contributed by atoms with Crippen LogP contribution in [0.5, 0.6) is 0 Å². The van der Waals surface area contributed by atoms with Gasteiger partial charge in [-0.3, -0.25) is 5.43 Å². The molecule has 0 bridgehead atoms. The molecule has 0 aliphatic heterocycles. The number of aromatic nitrogens is 3. The Morgan fingerprint density at radius 2 is 1.91 bits per heavy atom. The van der Waals surface area contributed by atoms with Crippen LogP contribution < -0.4 is 16.2 Å². The number of nitrogens with one attached hydrogen (secondary N) is 3. The van der Waals surface area contributed by atoms with Gasteiger partial charge in [0.1, 0.15) is 5.82 Å². The Hall–Kier alpha value is -2.84. The van der Waals surface area contributed by atoms with E-state index in [1.54, 1.807) is 6.20 Å². The van der Waals surface area contributed by atoms with Crippen LogP contribution in [0.2, 0.25) is 0 Å². The summed E-state index contributed by atoms with van der Waals surface area (Å²) in [5.41, 5.74) is 6.44. The highest BCUT2D eigenvalue weighted by atomic mass is 19.4. The first kappa shape index (κ1) is 22.4. The van der Waals surface area contributed by atoms with E-state index in [1.807, 2.05) is 18.2 Å². The molecule has 2 unspecified atom stereocenters. The van der Waals surface area contributed by atoms with E-state index in [9.17, 15) is 13.2 Å². The molecule has 2 saturated carbocycles. The Kier molecular flexibility index (Phi) is 6.81. The molecule has 0 radical (unpaired) electrons.